The lowest BCUT2D eigenvalue weighted by Gasteiger charge is -2.33. The van der Waals surface area contributed by atoms with Gasteiger partial charge in [-0.15, -0.1) is 0 Å². The van der Waals surface area contributed by atoms with Crippen LogP contribution < -0.4 is 10.2 Å². The van der Waals surface area contributed by atoms with Gasteiger partial charge in [-0.3, -0.25) is 9.59 Å². The molecule has 9 nitrogen and oxygen atoms in total. The molecule has 9 heteroatoms. The summed E-state index contributed by atoms with van der Waals surface area (Å²) in [6, 6.07) is 10.1. The van der Waals surface area contributed by atoms with E-state index in [4.69, 9.17) is 9.90 Å². The molecule has 1 aromatic carbocycles. The number of nitrogens with one attached hydrogen (secondary N) is 2. The Labute approximate surface area is 181 Å². The van der Waals surface area contributed by atoms with Crippen LogP contribution in [-0.2, 0) is 11.3 Å². The molecule has 1 aliphatic rings. The fraction of sp³-hybridized carbons (Fsp3) is 0.364. The van der Waals surface area contributed by atoms with Crippen molar-refractivity contribution in [1.82, 2.24) is 25.2 Å². The van der Waals surface area contributed by atoms with Gasteiger partial charge in [-0.1, -0.05) is 12.1 Å². The van der Waals surface area contributed by atoms with Crippen molar-refractivity contribution in [2.45, 2.75) is 25.4 Å². The maximum atomic E-state index is 12.7. The molecule has 0 saturated carbocycles. The molecule has 0 atom stereocenters. The van der Waals surface area contributed by atoms with E-state index in [-0.39, 0.29) is 18.4 Å². The van der Waals surface area contributed by atoms with Gasteiger partial charge in [0.05, 0.1) is 5.39 Å². The molecular weight excluding hydrogens is 396 g/mol. The van der Waals surface area contributed by atoms with Crippen LogP contribution in [0.5, 0.6) is 0 Å². The topological polar surface area (TPSA) is 114 Å². The normalized spacial score (nSPS) is 14.2. The molecule has 0 unspecified atom stereocenters. The lowest BCUT2D eigenvalue weighted by atomic mass is 10.0. The molecule has 4 rings (SSSR count). The van der Waals surface area contributed by atoms with Crippen molar-refractivity contribution in [3.63, 3.8) is 0 Å². The summed E-state index contributed by atoms with van der Waals surface area (Å²) in [6.45, 7) is 2.30. The number of aromatic nitrogens is 3. The average molecular weight is 425 g/mol. The van der Waals surface area contributed by atoms with Crippen molar-refractivity contribution >= 4 is 29.2 Å². The van der Waals surface area contributed by atoms with Crippen LogP contribution in [0.25, 0.3) is 11.0 Å². The van der Waals surface area contributed by atoms with Crippen LogP contribution >= 0.6 is 0 Å². The van der Waals surface area contributed by atoms with E-state index in [1.807, 2.05) is 44.6 Å². The van der Waals surface area contributed by atoms with Crippen LogP contribution in [0.15, 0.2) is 42.9 Å². The Morgan fingerprint density at radius 3 is 2.74 bits per heavy atom. The minimum absolute atomic E-state index is 0.00844. The number of benzene rings is 1. The van der Waals surface area contributed by atoms with Crippen molar-refractivity contribution in [1.29, 1.82) is 0 Å². The third kappa shape index (κ3) is 5.79. The Balaban J connectivity index is 0.000000858. The number of amides is 1. The molecule has 3 N–H and O–H groups in total. The van der Waals surface area contributed by atoms with E-state index in [1.165, 1.54) is 0 Å². The molecule has 3 heterocycles. The zero-order valence-corrected chi connectivity index (χ0v) is 17.8. The number of aromatic amines is 1. The van der Waals surface area contributed by atoms with Gasteiger partial charge in [-0.2, -0.15) is 0 Å². The van der Waals surface area contributed by atoms with E-state index >= 15 is 0 Å². The molecule has 0 spiro atoms. The summed E-state index contributed by atoms with van der Waals surface area (Å²) in [7, 11) is 4.05. The number of carbonyl (C=O) groups excluding carboxylic acids is 1. The first kappa shape index (κ1) is 22.2. The summed E-state index contributed by atoms with van der Waals surface area (Å²) in [5.74, 6) is 0.974. The first-order chi connectivity index (χ1) is 15.0. The second kappa shape index (κ2) is 10.5. The highest BCUT2D eigenvalue weighted by Crippen LogP contribution is 2.25. The Hall–Kier alpha value is -3.46. The minimum Gasteiger partial charge on any atom is -0.483 e. The summed E-state index contributed by atoms with van der Waals surface area (Å²) in [4.78, 5) is 37.3. The smallest absolute Gasteiger partial charge is 0.290 e. The molecule has 1 saturated heterocycles. The van der Waals surface area contributed by atoms with Gasteiger partial charge in [0.1, 0.15) is 17.8 Å². The maximum Gasteiger partial charge on any atom is 0.290 e. The highest BCUT2D eigenvalue weighted by molar-refractivity contribution is 5.94. The maximum absolute atomic E-state index is 12.7. The van der Waals surface area contributed by atoms with Gasteiger partial charge in [0, 0.05) is 37.4 Å². The monoisotopic (exact) mass is 424 g/mol. The van der Waals surface area contributed by atoms with Gasteiger partial charge >= 0.3 is 0 Å². The average Bonchev–Trinajstić information content (AvgIpc) is 3.24. The Morgan fingerprint density at radius 1 is 1.29 bits per heavy atom. The number of anilines is 1. The molecule has 31 heavy (non-hydrogen) atoms. The van der Waals surface area contributed by atoms with E-state index < -0.39 is 0 Å². The van der Waals surface area contributed by atoms with Crippen molar-refractivity contribution < 1.29 is 14.7 Å². The van der Waals surface area contributed by atoms with Crippen LogP contribution in [0.1, 0.15) is 28.8 Å². The largest absolute Gasteiger partial charge is 0.483 e. The third-order valence-corrected chi connectivity index (χ3v) is 5.15. The van der Waals surface area contributed by atoms with Crippen molar-refractivity contribution in [2.24, 2.45) is 0 Å². The zero-order chi connectivity index (χ0) is 22.2. The van der Waals surface area contributed by atoms with Gasteiger partial charge in [-0.25, -0.2) is 9.97 Å². The Morgan fingerprint density at radius 2 is 2.03 bits per heavy atom. The van der Waals surface area contributed by atoms with Gasteiger partial charge in [0.25, 0.3) is 12.4 Å². The second-order valence-corrected chi connectivity index (χ2v) is 7.72. The van der Waals surface area contributed by atoms with E-state index in [0.717, 1.165) is 60.5 Å². The molecule has 0 radical (unpaired) electrons. The fourth-order valence-corrected chi connectivity index (χ4v) is 3.79. The molecular formula is C22H28N6O3. The SMILES string of the molecule is CN(C)Cc1cccc(C(=O)NC2CCN(c3ncnc4[nH]ccc34)CC2)c1.O=CO. The summed E-state index contributed by atoms with van der Waals surface area (Å²) in [5.41, 5.74) is 2.73. The number of carbonyl (C=O) groups is 2. The summed E-state index contributed by atoms with van der Waals surface area (Å²) in [6.07, 6.45) is 5.29. The first-order valence-corrected chi connectivity index (χ1v) is 10.2. The van der Waals surface area contributed by atoms with E-state index in [2.05, 4.69) is 36.1 Å². The lowest BCUT2D eigenvalue weighted by molar-refractivity contribution is -0.122. The Bertz CT molecular complexity index is 1010. The summed E-state index contributed by atoms with van der Waals surface area (Å²) in [5, 5.41) is 11.1. The van der Waals surface area contributed by atoms with Crippen LogP contribution in [0.4, 0.5) is 5.82 Å². The van der Waals surface area contributed by atoms with Crippen molar-refractivity contribution in [3.05, 3.63) is 54.0 Å². The molecule has 1 aliphatic heterocycles. The number of rotatable bonds is 5. The quantitative estimate of drug-likeness (QED) is 0.538. The van der Waals surface area contributed by atoms with E-state index in [1.54, 1.807) is 6.33 Å². The lowest BCUT2D eigenvalue weighted by Crippen LogP contribution is -2.45. The summed E-state index contributed by atoms with van der Waals surface area (Å²) >= 11 is 0. The fourth-order valence-electron chi connectivity index (χ4n) is 3.79. The van der Waals surface area contributed by atoms with Gasteiger partial charge in [0.2, 0.25) is 0 Å². The van der Waals surface area contributed by atoms with E-state index in [0.29, 0.717) is 0 Å². The van der Waals surface area contributed by atoms with Crippen LogP contribution in [0, 0.1) is 0 Å². The molecule has 164 valence electrons. The molecule has 0 bridgehead atoms. The zero-order valence-electron chi connectivity index (χ0n) is 17.8. The van der Waals surface area contributed by atoms with Gasteiger partial charge in [-0.05, 0) is 50.7 Å². The number of fused-ring (bicyclic) bond motifs is 1. The molecule has 1 amide bonds. The third-order valence-electron chi connectivity index (χ3n) is 5.15. The Kier molecular flexibility index (Phi) is 7.55. The van der Waals surface area contributed by atoms with Crippen molar-refractivity contribution in [3.8, 4) is 0 Å². The number of H-pyrrole nitrogens is 1. The van der Waals surface area contributed by atoms with Gasteiger partial charge in [0.15, 0.2) is 0 Å². The molecule has 0 aliphatic carbocycles. The van der Waals surface area contributed by atoms with Crippen LogP contribution in [0.3, 0.4) is 0 Å². The van der Waals surface area contributed by atoms with Crippen LogP contribution in [-0.4, -0.2) is 70.6 Å². The highest BCUT2D eigenvalue weighted by atomic mass is 16.3. The molecule has 1 fully saturated rings. The molecule has 2 aromatic heterocycles. The van der Waals surface area contributed by atoms with Crippen molar-refractivity contribution in [2.75, 3.05) is 32.1 Å². The number of hydrogen-bond donors (Lipinski definition) is 3. The number of nitrogens with zero attached hydrogens (tertiary/aromatic N) is 4. The highest BCUT2D eigenvalue weighted by Gasteiger charge is 2.23. The van der Waals surface area contributed by atoms with Gasteiger partial charge < -0.3 is 25.2 Å². The molecule has 3 aromatic rings. The predicted octanol–water partition coefficient (Wildman–Crippen LogP) is 2.12. The number of hydrogen-bond acceptors (Lipinski definition) is 6. The standard InChI is InChI=1S/C21H26N6O.CH2O2/c1-26(2)13-15-4-3-5-16(12-15)21(28)25-17-7-10-27(11-8-17)20-18-6-9-22-19(18)23-14-24-20;2-1-3/h3-6,9,12,14,17H,7-8,10-11,13H2,1-2H3,(H,25,28)(H,22,23,24);1H,(H,2,3). The number of carboxylic acid groups (broad SMARTS) is 1. The predicted molar refractivity (Wildman–Crippen MR) is 119 cm³/mol. The first-order valence-electron chi connectivity index (χ1n) is 10.2. The number of piperidine rings is 1. The van der Waals surface area contributed by atoms with Crippen LogP contribution in [0.2, 0.25) is 0 Å². The minimum atomic E-state index is -0.250. The second-order valence-electron chi connectivity index (χ2n) is 7.72. The summed E-state index contributed by atoms with van der Waals surface area (Å²) < 4.78 is 0. The van der Waals surface area contributed by atoms with E-state index in [9.17, 15) is 4.79 Å².